The fourth-order valence-electron chi connectivity index (χ4n) is 3.13. The molecular formula is C13H22N2O2. The Bertz CT molecular complexity index is 304. The maximum atomic E-state index is 11.9. The van der Waals surface area contributed by atoms with Crippen LogP contribution in [-0.4, -0.2) is 35.8 Å². The van der Waals surface area contributed by atoms with Gasteiger partial charge in [-0.25, -0.2) is 4.79 Å². The van der Waals surface area contributed by atoms with Crippen molar-refractivity contribution in [1.82, 2.24) is 10.2 Å². The van der Waals surface area contributed by atoms with Gasteiger partial charge in [-0.3, -0.25) is 4.79 Å². The van der Waals surface area contributed by atoms with Gasteiger partial charge in [0.15, 0.2) is 0 Å². The number of hydrogen-bond donors (Lipinski definition) is 1. The molecule has 4 nitrogen and oxygen atoms in total. The van der Waals surface area contributed by atoms with E-state index in [-0.39, 0.29) is 18.0 Å². The summed E-state index contributed by atoms with van der Waals surface area (Å²) < 4.78 is 0. The molecule has 0 aromatic carbocycles. The van der Waals surface area contributed by atoms with Crippen LogP contribution in [0.1, 0.15) is 45.4 Å². The Morgan fingerprint density at radius 1 is 1.35 bits per heavy atom. The average Bonchev–Trinajstić information content (AvgIpc) is 2.79. The molecule has 17 heavy (non-hydrogen) atoms. The molecule has 1 saturated carbocycles. The first-order valence-electron chi connectivity index (χ1n) is 6.81. The van der Waals surface area contributed by atoms with Crippen molar-refractivity contribution in [3.8, 4) is 0 Å². The van der Waals surface area contributed by atoms with Gasteiger partial charge >= 0.3 is 6.03 Å². The summed E-state index contributed by atoms with van der Waals surface area (Å²) in [6.45, 7) is 3.38. The van der Waals surface area contributed by atoms with Crippen molar-refractivity contribution in [3.05, 3.63) is 0 Å². The highest BCUT2D eigenvalue weighted by atomic mass is 16.2. The first-order chi connectivity index (χ1) is 8.24. The highest BCUT2D eigenvalue weighted by molar-refractivity contribution is 5.83. The Morgan fingerprint density at radius 3 is 2.88 bits per heavy atom. The molecule has 0 bridgehead atoms. The van der Waals surface area contributed by atoms with Gasteiger partial charge in [0.1, 0.15) is 5.78 Å². The minimum Gasteiger partial charge on any atom is -0.338 e. The number of Topliss-reactive ketones (excluding diaryl/α,β-unsaturated/α-hetero) is 1. The van der Waals surface area contributed by atoms with E-state index in [2.05, 4.69) is 5.32 Å². The third kappa shape index (κ3) is 2.61. The lowest BCUT2D eigenvalue weighted by Crippen LogP contribution is -2.47. The molecule has 4 heteroatoms. The predicted molar refractivity (Wildman–Crippen MR) is 65.8 cm³/mol. The van der Waals surface area contributed by atoms with Gasteiger partial charge in [0.05, 0.1) is 0 Å². The van der Waals surface area contributed by atoms with Gasteiger partial charge in [-0.05, 0) is 32.6 Å². The van der Waals surface area contributed by atoms with Crippen LogP contribution < -0.4 is 5.32 Å². The topological polar surface area (TPSA) is 49.4 Å². The van der Waals surface area contributed by atoms with Gasteiger partial charge in [0, 0.05) is 31.5 Å². The van der Waals surface area contributed by atoms with Crippen LogP contribution in [0.15, 0.2) is 0 Å². The second kappa shape index (κ2) is 5.52. The third-order valence-electron chi connectivity index (χ3n) is 3.95. The molecule has 96 valence electrons. The van der Waals surface area contributed by atoms with Gasteiger partial charge in [0.25, 0.3) is 0 Å². The van der Waals surface area contributed by atoms with E-state index in [9.17, 15) is 9.59 Å². The summed E-state index contributed by atoms with van der Waals surface area (Å²) in [5.41, 5.74) is 0. The SMILES string of the molecule is CCNC(=O)N1CCCC1C1CCCCC1=O. The number of carbonyl (C=O) groups is 2. The van der Waals surface area contributed by atoms with Crippen molar-refractivity contribution < 1.29 is 9.59 Å². The molecule has 0 aromatic heterocycles. The Morgan fingerprint density at radius 2 is 2.18 bits per heavy atom. The standard InChI is InChI=1S/C13H22N2O2/c1-2-14-13(17)15-9-5-7-11(15)10-6-3-4-8-12(10)16/h10-11H,2-9H2,1H3,(H,14,17). The average molecular weight is 238 g/mol. The summed E-state index contributed by atoms with van der Waals surface area (Å²) in [4.78, 5) is 25.7. The normalized spacial score (nSPS) is 29.5. The molecule has 1 heterocycles. The number of carbonyl (C=O) groups excluding carboxylic acids is 2. The second-order valence-corrected chi connectivity index (χ2v) is 5.06. The number of nitrogens with one attached hydrogen (secondary N) is 1. The first kappa shape index (κ1) is 12.4. The lowest BCUT2D eigenvalue weighted by atomic mass is 9.82. The zero-order valence-corrected chi connectivity index (χ0v) is 10.6. The van der Waals surface area contributed by atoms with E-state index >= 15 is 0 Å². The molecule has 2 amide bonds. The highest BCUT2D eigenvalue weighted by Gasteiger charge is 2.38. The summed E-state index contributed by atoms with van der Waals surface area (Å²) in [7, 11) is 0. The van der Waals surface area contributed by atoms with Crippen LogP contribution in [0.25, 0.3) is 0 Å². The molecule has 2 aliphatic rings. The molecule has 2 unspecified atom stereocenters. The van der Waals surface area contributed by atoms with Crippen molar-refractivity contribution in [2.24, 2.45) is 5.92 Å². The van der Waals surface area contributed by atoms with E-state index in [0.29, 0.717) is 18.7 Å². The van der Waals surface area contributed by atoms with Crippen LogP contribution in [0.3, 0.4) is 0 Å². The lowest BCUT2D eigenvalue weighted by Gasteiger charge is -2.32. The van der Waals surface area contributed by atoms with Crippen molar-refractivity contribution >= 4 is 11.8 Å². The number of amides is 2. The van der Waals surface area contributed by atoms with Gasteiger partial charge in [-0.15, -0.1) is 0 Å². The highest BCUT2D eigenvalue weighted by Crippen LogP contribution is 2.32. The zero-order chi connectivity index (χ0) is 12.3. The number of rotatable bonds is 2. The summed E-state index contributed by atoms with van der Waals surface area (Å²) in [6.07, 6.45) is 5.88. The van der Waals surface area contributed by atoms with Gasteiger partial charge < -0.3 is 10.2 Å². The fourth-order valence-corrected chi connectivity index (χ4v) is 3.13. The minimum atomic E-state index is 0.00775. The van der Waals surface area contributed by atoms with E-state index in [0.717, 1.165) is 38.6 Å². The smallest absolute Gasteiger partial charge is 0.317 e. The number of likely N-dealkylation sites (tertiary alicyclic amines) is 1. The van der Waals surface area contributed by atoms with Gasteiger partial charge in [-0.2, -0.15) is 0 Å². The van der Waals surface area contributed by atoms with Crippen LogP contribution in [0.4, 0.5) is 4.79 Å². The Labute approximate surface area is 103 Å². The number of nitrogens with zero attached hydrogens (tertiary/aromatic N) is 1. The zero-order valence-electron chi connectivity index (χ0n) is 10.6. The fraction of sp³-hybridized carbons (Fsp3) is 0.846. The second-order valence-electron chi connectivity index (χ2n) is 5.06. The Kier molecular flexibility index (Phi) is 4.02. The van der Waals surface area contributed by atoms with Gasteiger partial charge in [0.2, 0.25) is 0 Å². The summed E-state index contributed by atoms with van der Waals surface area (Å²) in [5.74, 6) is 0.478. The molecule has 2 fully saturated rings. The molecule has 1 aliphatic carbocycles. The Hall–Kier alpha value is -1.06. The minimum absolute atomic E-state index is 0.00775. The van der Waals surface area contributed by atoms with E-state index in [1.54, 1.807) is 0 Å². The number of hydrogen-bond acceptors (Lipinski definition) is 2. The Balaban J connectivity index is 2.03. The number of urea groups is 1. The van der Waals surface area contributed by atoms with Crippen LogP contribution in [0, 0.1) is 5.92 Å². The maximum absolute atomic E-state index is 11.9. The quantitative estimate of drug-likeness (QED) is 0.799. The van der Waals surface area contributed by atoms with Crippen molar-refractivity contribution in [1.29, 1.82) is 0 Å². The molecule has 2 rings (SSSR count). The molecule has 1 aliphatic heterocycles. The largest absolute Gasteiger partial charge is 0.338 e. The van der Waals surface area contributed by atoms with Gasteiger partial charge in [-0.1, -0.05) is 6.42 Å². The monoisotopic (exact) mass is 238 g/mol. The van der Waals surface area contributed by atoms with E-state index in [1.807, 2.05) is 11.8 Å². The molecule has 2 atom stereocenters. The maximum Gasteiger partial charge on any atom is 0.317 e. The molecule has 0 radical (unpaired) electrons. The van der Waals surface area contributed by atoms with E-state index in [1.165, 1.54) is 0 Å². The van der Waals surface area contributed by atoms with Crippen molar-refractivity contribution in [2.45, 2.75) is 51.5 Å². The van der Waals surface area contributed by atoms with Crippen molar-refractivity contribution in [2.75, 3.05) is 13.1 Å². The lowest BCUT2D eigenvalue weighted by molar-refractivity contribution is -0.126. The third-order valence-corrected chi connectivity index (χ3v) is 3.95. The van der Waals surface area contributed by atoms with Crippen LogP contribution in [-0.2, 0) is 4.79 Å². The van der Waals surface area contributed by atoms with Crippen LogP contribution in [0.2, 0.25) is 0 Å². The summed E-state index contributed by atoms with van der Waals surface area (Å²) >= 11 is 0. The first-order valence-corrected chi connectivity index (χ1v) is 6.81. The molecule has 1 N–H and O–H groups in total. The molecule has 1 saturated heterocycles. The molecule has 0 spiro atoms. The van der Waals surface area contributed by atoms with Crippen molar-refractivity contribution in [3.63, 3.8) is 0 Å². The molecule has 0 aromatic rings. The van der Waals surface area contributed by atoms with Crippen LogP contribution >= 0.6 is 0 Å². The predicted octanol–water partition coefficient (Wildman–Crippen LogP) is 1.94. The molecular weight excluding hydrogens is 216 g/mol. The summed E-state index contributed by atoms with van der Waals surface area (Å²) in [5, 5.41) is 2.85. The number of ketones is 1. The van der Waals surface area contributed by atoms with E-state index in [4.69, 9.17) is 0 Å². The van der Waals surface area contributed by atoms with Crippen LogP contribution in [0.5, 0.6) is 0 Å². The van der Waals surface area contributed by atoms with E-state index < -0.39 is 0 Å². The summed E-state index contributed by atoms with van der Waals surface area (Å²) in [6, 6.07) is 0.169.